The second-order valence-electron chi connectivity index (χ2n) is 20.7. The van der Waals surface area contributed by atoms with Crippen LogP contribution in [0, 0.1) is 5.92 Å². The summed E-state index contributed by atoms with van der Waals surface area (Å²) in [6, 6.07) is 7.76. The highest BCUT2D eigenvalue weighted by molar-refractivity contribution is 5.99. The Bertz CT molecular complexity index is 2850. The van der Waals surface area contributed by atoms with Gasteiger partial charge in [-0.1, -0.05) is 74.5 Å². The standard InChI is InChI=1S/C57H80N12O15/c1-31(2)47(55(81)63-41(18-10-12-24-59)50(76)65-43(28-46(73)74)53(79)62-40(17-9-11-23-58)51(77)66-44(57(83)84)26-33-13-5-4-6-14-33)68-56(82)48(32(3)71)69-54(80)45(30-70)67-52(78)42(27-35-29-61-39-16-8-7-15-37(35)39)64-49(75)38(60)25-34-19-21-36(72)22-20-34/h4-8,13-16,19-22,29,31-32,38,40-45,47-48,61,70-72H,9-12,17-18,23-28,30,58-60H2,1-3H3,(H,62,79)(H,63,81)(H,64,75)(H,65,76)(H,66,77)(H,67,78)(H,68,82)(H,69,80)(H,73,74)(H,83,84)/t32-,38+,40+,41+,42+,43+,44+,45+,47+,48+/m1/s1. The van der Waals surface area contributed by atoms with Crippen LogP contribution in [0.2, 0.25) is 0 Å². The minimum atomic E-state index is -1.85. The van der Waals surface area contributed by atoms with Crippen LogP contribution in [0.3, 0.4) is 0 Å². The van der Waals surface area contributed by atoms with Gasteiger partial charge in [0.15, 0.2) is 0 Å². The Kier molecular flexibility index (Phi) is 27.7. The highest BCUT2D eigenvalue weighted by Crippen LogP contribution is 2.20. The zero-order valence-electron chi connectivity index (χ0n) is 47.2. The number of carboxylic acids is 2. The first-order valence-electron chi connectivity index (χ1n) is 27.7. The topological polar surface area (TPSA) is 462 Å². The highest BCUT2D eigenvalue weighted by atomic mass is 16.4. The van der Waals surface area contributed by atoms with Gasteiger partial charge in [0.05, 0.1) is 25.2 Å². The predicted molar refractivity (Wildman–Crippen MR) is 307 cm³/mol. The molecule has 1 heterocycles. The Morgan fingerprint density at radius 2 is 0.988 bits per heavy atom. The maximum Gasteiger partial charge on any atom is 0.326 e. The summed E-state index contributed by atoms with van der Waals surface area (Å²) in [4.78, 5) is 139. The van der Waals surface area contributed by atoms with Gasteiger partial charge in [0, 0.05) is 29.9 Å². The zero-order chi connectivity index (χ0) is 62.0. The van der Waals surface area contributed by atoms with Gasteiger partial charge < -0.3 is 90.3 Å². The molecule has 0 fully saturated rings. The molecule has 27 heteroatoms. The molecule has 4 aromatic rings. The van der Waals surface area contributed by atoms with Crippen LogP contribution in [0.1, 0.15) is 82.4 Å². The molecule has 4 rings (SSSR count). The number of hydrogen-bond donors (Lipinski definition) is 17. The van der Waals surface area contributed by atoms with Gasteiger partial charge >= 0.3 is 11.9 Å². The predicted octanol–water partition coefficient (Wildman–Crippen LogP) is -2.05. The summed E-state index contributed by atoms with van der Waals surface area (Å²) in [5, 5.41) is 71.0. The van der Waals surface area contributed by atoms with E-state index in [0.29, 0.717) is 29.5 Å². The van der Waals surface area contributed by atoms with E-state index in [1.165, 1.54) is 26.0 Å². The van der Waals surface area contributed by atoms with Crippen LogP contribution in [0.4, 0.5) is 0 Å². The van der Waals surface area contributed by atoms with Crippen LogP contribution in [0.15, 0.2) is 85.1 Å². The second-order valence-corrected chi connectivity index (χ2v) is 20.7. The normalized spacial score (nSPS) is 14.8. The number of nitrogens with two attached hydrogens (primary N) is 3. The van der Waals surface area contributed by atoms with Crippen LogP contribution in [0.25, 0.3) is 10.9 Å². The summed E-state index contributed by atoms with van der Waals surface area (Å²) in [6.07, 6.45) is -0.127. The first kappa shape index (κ1) is 68.0. The van der Waals surface area contributed by atoms with Crippen molar-refractivity contribution < 1.29 is 73.5 Å². The number of aromatic amines is 1. The average molecular weight is 1170 g/mol. The van der Waals surface area contributed by atoms with E-state index in [1.54, 1.807) is 72.9 Å². The average Bonchev–Trinajstić information content (AvgIpc) is 4.04. The van der Waals surface area contributed by atoms with Gasteiger partial charge in [-0.15, -0.1) is 0 Å². The maximum absolute atomic E-state index is 14.1. The lowest BCUT2D eigenvalue weighted by molar-refractivity contribution is -0.143. The summed E-state index contributed by atoms with van der Waals surface area (Å²) in [5.74, 6) is -11.6. The van der Waals surface area contributed by atoms with E-state index < -0.39 is 139 Å². The third-order valence-electron chi connectivity index (χ3n) is 13.7. The number of aliphatic hydroxyl groups excluding tert-OH is 2. The van der Waals surface area contributed by atoms with E-state index in [1.807, 2.05) is 0 Å². The summed E-state index contributed by atoms with van der Waals surface area (Å²) in [6.45, 7) is 3.56. The summed E-state index contributed by atoms with van der Waals surface area (Å²) < 4.78 is 0. The van der Waals surface area contributed by atoms with E-state index >= 15 is 0 Å². The van der Waals surface area contributed by atoms with Gasteiger partial charge in [-0.3, -0.25) is 43.2 Å². The molecule has 0 saturated heterocycles. The number of amides is 8. The lowest BCUT2D eigenvalue weighted by atomic mass is 10.0. The molecule has 8 amide bonds. The SMILES string of the molecule is CC(C)[C@H](NC(=O)[C@@H](NC(=O)[C@H](CO)NC(=O)[C@H](Cc1c[nH]c2ccccc12)NC(=O)[C@@H](N)Cc1ccc(O)cc1)[C@@H](C)O)C(=O)N[C@@H](CCCCN)C(=O)N[C@@H](CC(=O)O)C(=O)N[C@@H](CCCCN)C(=O)N[C@@H](Cc1ccccc1)C(=O)O. The van der Waals surface area contributed by atoms with Crippen molar-refractivity contribution in [1.82, 2.24) is 47.5 Å². The molecule has 0 spiro atoms. The van der Waals surface area contributed by atoms with Crippen molar-refractivity contribution in [2.75, 3.05) is 19.7 Å². The number of carbonyl (C=O) groups is 10. The Hall–Kier alpha value is -8.50. The van der Waals surface area contributed by atoms with E-state index in [4.69, 9.17) is 17.2 Å². The van der Waals surface area contributed by atoms with Crippen molar-refractivity contribution >= 4 is 70.1 Å². The number of H-pyrrole nitrogens is 1. The minimum absolute atomic E-state index is 0.00174. The number of carboxylic acid groups (broad SMARTS) is 2. The number of aliphatic carboxylic acids is 2. The number of carbonyl (C=O) groups excluding carboxylic acids is 8. The van der Waals surface area contributed by atoms with Crippen LogP contribution in [0.5, 0.6) is 5.75 Å². The molecule has 458 valence electrons. The molecule has 0 aliphatic carbocycles. The number of rotatable bonds is 36. The molecule has 20 N–H and O–H groups in total. The lowest BCUT2D eigenvalue weighted by Crippen LogP contribution is -2.63. The van der Waals surface area contributed by atoms with E-state index in [0.717, 1.165) is 17.8 Å². The van der Waals surface area contributed by atoms with Crippen molar-refractivity contribution in [2.45, 2.75) is 145 Å². The Morgan fingerprint density at radius 1 is 0.512 bits per heavy atom. The molecular weight excluding hydrogens is 1090 g/mol. The van der Waals surface area contributed by atoms with Gasteiger partial charge in [0.2, 0.25) is 47.3 Å². The number of aliphatic hydroxyl groups is 2. The first-order valence-corrected chi connectivity index (χ1v) is 27.7. The lowest BCUT2D eigenvalue weighted by Gasteiger charge is -2.29. The number of phenols is 1. The third-order valence-corrected chi connectivity index (χ3v) is 13.7. The number of para-hydroxylation sites is 1. The van der Waals surface area contributed by atoms with Gasteiger partial charge in [-0.05, 0) is 106 Å². The van der Waals surface area contributed by atoms with E-state index in [2.05, 4.69) is 47.5 Å². The van der Waals surface area contributed by atoms with Crippen molar-refractivity contribution in [2.24, 2.45) is 23.1 Å². The van der Waals surface area contributed by atoms with Crippen molar-refractivity contribution in [3.63, 3.8) is 0 Å². The Labute approximate surface area is 485 Å². The van der Waals surface area contributed by atoms with Gasteiger partial charge in [0.1, 0.15) is 54.1 Å². The second kappa shape index (κ2) is 34.2. The molecule has 84 heavy (non-hydrogen) atoms. The molecule has 0 aliphatic rings. The minimum Gasteiger partial charge on any atom is -0.508 e. The van der Waals surface area contributed by atoms with Crippen molar-refractivity contribution in [3.05, 3.63) is 102 Å². The molecule has 10 atom stereocenters. The maximum atomic E-state index is 14.1. The quantitative estimate of drug-likeness (QED) is 0.0218. The van der Waals surface area contributed by atoms with E-state index in [-0.39, 0.29) is 63.8 Å². The number of benzene rings is 3. The number of phenolic OH excluding ortho intramolecular Hbond substituents is 1. The molecule has 0 saturated carbocycles. The third kappa shape index (κ3) is 21.7. The van der Waals surface area contributed by atoms with Crippen LogP contribution in [-0.4, -0.2) is 170 Å². The smallest absolute Gasteiger partial charge is 0.326 e. The number of nitrogens with one attached hydrogen (secondary N) is 9. The molecule has 0 aliphatic heterocycles. The fourth-order valence-electron chi connectivity index (χ4n) is 8.93. The first-order chi connectivity index (χ1) is 40.0. The number of hydrogen-bond acceptors (Lipinski definition) is 16. The molecule has 0 unspecified atom stereocenters. The number of aromatic nitrogens is 1. The van der Waals surface area contributed by atoms with Crippen molar-refractivity contribution in [1.29, 1.82) is 0 Å². The molecular formula is C57H80N12O15. The van der Waals surface area contributed by atoms with Gasteiger partial charge in [-0.25, -0.2) is 4.79 Å². The highest BCUT2D eigenvalue weighted by Gasteiger charge is 2.37. The number of fused-ring (bicyclic) bond motifs is 1. The van der Waals surface area contributed by atoms with Crippen molar-refractivity contribution in [3.8, 4) is 5.75 Å². The monoisotopic (exact) mass is 1170 g/mol. The summed E-state index contributed by atoms with van der Waals surface area (Å²) >= 11 is 0. The van der Waals surface area contributed by atoms with Crippen LogP contribution >= 0.6 is 0 Å². The largest absolute Gasteiger partial charge is 0.508 e. The fraction of sp³-hybridized carbons (Fsp3) is 0.474. The zero-order valence-corrected chi connectivity index (χ0v) is 47.2. The Balaban J connectivity index is 1.49. The van der Waals surface area contributed by atoms with Crippen LogP contribution < -0.4 is 59.7 Å². The van der Waals surface area contributed by atoms with Gasteiger partial charge in [0.25, 0.3) is 0 Å². The molecule has 0 radical (unpaired) electrons. The number of aromatic hydroxyl groups is 1. The number of unbranched alkanes of at least 4 members (excludes halogenated alkanes) is 2. The molecule has 27 nitrogen and oxygen atoms in total. The molecule has 3 aromatic carbocycles. The molecule has 1 aromatic heterocycles. The van der Waals surface area contributed by atoms with E-state index in [9.17, 15) is 73.5 Å². The van der Waals surface area contributed by atoms with Gasteiger partial charge in [-0.2, -0.15) is 0 Å². The van der Waals surface area contributed by atoms with Crippen LogP contribution in [-0.2, 0) is 67.2 Å². The fourth-order valence-corrected chi connectivity index (χ4v) is 8.93. The summed E-state index contributed by atoms with van der Waals surface area (Å²) in [7, 11) is 0. The Morgan fingerprint density at radius 3 is 1.55 bits per heavy atom. The summed E-state index contributed by atoms with van der Waals surface area (Å²) in [5.41, 5.74) is 20.2. The molecule has 0 bridgehead atoms.